The van der Waals surface area contributed by atoms with Crippen LogP contribution in [0.5, 0.6) is 0 Å². The fourth-order valence-corrected chi connectivity index (χ4v) is 0.173. The molecule has 4 nitrogen and oxygen atoms in total. The molecule has 1 saturated heterocycles. The summed E-state index contributed by atoms with van der Waals surface area (Å²) in [6.45, 7) is 4.24. The molecule has 11 heavy (non-hydrogen) atoms. The van der Waals surface area contributed by atoms with Crippen LogP contribution in [0, 0.1) is 5.92 Å². The van der Waals surface area contributed by atoms with Crippen molar-refractivity contribution in [1.29, 1.82) is 0 Å². The third-order valence-corrected chi connectivity index (χ3v) is 1.10. The highest BCUT2D eigenvalue weighted by Gasteiger charge is 2.19. The van der Waals surface area contributed by atoms with Crippen LogP contribution in [0.2, 0.25) is 0 Å². The molecule has 1 atom stereocenters. The van der Waals surface area contributed by atoms with Gasteiger partial charge in [0, 0.05) is 0 Å². The van der Waals surface area contributed by atoms with Gasteiger partial charge in [-0.2, -0.15) is 0 Å². The molecule has 0 aliphatic carbocycles. The van der Waals surface area contributed by atoms with Crippen molar-refractivity contribution >= 4 is 5.97 Å². The summed E-state index contributed by atoms with van der Waals surface area (Å²) < 4.78 is 4.61. The van der Waals surface area contributed by atoms with Crippen LogP contribution in [-0.4, -0.2) is 35.5 Å². The Balaban J connectivity index is 0.000000183. The zero-order chi connectivity index (χ0) is 8.85. The molecule has 1 aliphatic rings. The fourth-order valence-electron chi connectivity index (χ4n) is 0.173. The Bertz CT molecular complexity index is 118. The number of hydrogen-bond donors (Lipinski definition) is 2. The number of carbonyl (C=O) groups is 1. The van der Waals surface area contributed by atoms with Gasteiger partial charge in [-0.05, 0) is 0 Å². The van der Waals surface area contributed by atoms with Gasteiger partial charge in [-0.1, -0.05) is 13.8 Å². The number of aliphatic hydroxyl groups excluding tert-OH is 1. The minimum atomic E-state index is -0.741. The van der Waals surface area contributed by atoms with E-state index in [2.05, 4.69) is 4.74 Å². The van der Waals surface area contributed by atoms with Crippen molar-refractivity contribution in [2.75, 3.05) is 13.2 Å². The molecule has 0 spiro atoms. The number of aliphatic carboxylic acids is 1. The first-order valence-electron chi connectivity index (χ1n) is 3.53. The van der Waals surface area contributed by atoms with Gasteiger partial charge in [0.05, 0.1) is 19.1 Å². The molecule has 1 heterocycles. The smallest absolute Gasteiger partial charge is 0.305 e. The molecular formula is C7H14O4. The Labute approximate surface area is 65.8 Å². The van der Waals surface area contributed by atoms with Gasteiger partial charge in [-0.25, -0.2) is 0 Å². The average Bonchev–Trinajstić information content (AvgIpc) is 2.70. The largest absolute Gasteiger partial charge is 0.481 e. The van der Waals surface area contributed by atoms with E-state index in [0.717, 1.165) is 6.61 Å². The van der Waals surface area contributed by atoms with Gasteiger partial charge >= 0.3 is 5.97 Å². The molecule has 1 fully saturated rings. The maximum absolute atomic E-state index is 9.70. The third kappa shape index (κ3) is 7.29. The first kappa shape index (κ1) is 10.4. The predicted octanol–water partition coefficient (Wildman–Crippen LogP) is 0.104. The van der Waals surface area contributed by atoms with Crippen LogP contribution in [-0.2, 0) is 9.53 Å². The quantitative estimate of drug-likeness (QED) is 0.565. The molecule has 66 valence electrons. The molecule has 1 rings (SSSR count). The van der Waals surface area contributed by atoms with Gasteiger partial charge in [0.2, 0.25) is 0 Å². The van der Waals surface area contributed by atoms with E-state index in [1.807, 2.05) is 0 Å². The van der Waals surface area contributed by atoms with Crippen molar-refractivity contribution < 1.29 is 19.7 Å². The van der Waals surface area contributed by atoms with Gasteiger partial charge in [0.15, 0.2) is 0 Å². The Morgan fingerprint density at radius 1 is 1.73 bits per heavy atom. The highest BCUT2D eigenvalue weighted by molar-refractivity contribution is 5.68. The predicted molar refractivity (Wildman–Crippen MR) is 39.3 cm³/mol. The Morgan fingerprint density at radius 3 is 2.09 bits per heavy atom. The second-order valence-corrected chi connectivity index (χ2v) is 2.63. The Hall–Kier alpha value is -0.610. The van der Waals surface area contributed by atoms with E-state index in [-0.39, 0.29) is 18.6 Å². The van der Waals surface area contributed by atoms with Crippen LogP contribution >= 0.6 is 0 Å². The molecule has 0 aromatic carbocycles. The molecule has 2 N–H and O–H groups in total. The van der Waals surface area contributed by atoms with Crippen LogP contribution in [0.25, 0.3) is 0 Å². The van der Waals surface area contributed by atoms with Crippen LogP contribution < -0.4 is 0 Å². The van der Waals surface area contributed by atoms with Gasteiger partial charge < -0.3 is 14.9 Å². The number of ether oxygens (including phenoxy) is 1. The maximum atomic E-state index is 9.70. The van der Waals surface area contributed by atoms with E-state index >= 15 is 0 Å². The van der Waals surface area contributed by atoms with Crippen molar-refractivity contribution in [3.63, 3.8) is 0 Å². The van der Waals surface area contributed by atoms with E-state index in [0.29, 0.717) is 0 Å². The summed E-state index contributed by atoms with van der Waals surface area (Å²) in [5, 5.41) is 16.1. The summed E-state index contributed by atoms with van der Waals surface area (Å²) in [7, 11) is 0. The number of rotatable bonds is 2. The lowest BCUT2D eigenvalue weighted by Gasteiger charge is -1.89. The van der Waals surface area contributed by atoms with Crippen LogP contribution in [0.3, 0.4) is 0 Å². The minimum Gasteiger partial charge on any atom is -0.481 e. The van der Waals surface area contributed by atoms with Crippen molar-refractivity contribution in [3.05, 3.63) is 0 Å². The minimum absolute atomic E-state index is 0.190. The van der Waals surface area contributed by atoms with Crippen LogP contribution in [0.15, 0.2) is 0 Å². The Kier molecular flexibility index (Phi) is 4.81. The van der Waals surface area contributed by atoms with E-state index in [1.54, 1.807) is 13.8 Å². The van der Waals surface area contributed by atoms with E-state index in [4.69, 9.17) is 10.2 Å². The topological polar surface area (TPSA) is 70.1 Å². The molecule has 0 bridgehead atoms. The second kappa shape index (κ2) is 5.09. The Morgan fingerprint density at radius 2 is 2.09 bits per heavy atom. The molecule has 1 aliphatic heterocycles. The number of hydrogen-bond acceptors (Lipinski definition) is 3. The molecule has 1 unspecified atom stereocenters. The monoisotopic (exact) mass is 162 g/mol. The van der Waals surface area contributed by atoms with Crippen molar-refractivity contribution in [2.24, 2.45) is 5.92 Å². The van der Waals surface area contributed by atoms with Crippen LogP contribution in [0.4, 0.5) is 0 Å². The molecule has 0 aromatic rings. The van der Waals surface area contributed by atoms with E-state index < -0.39 is 5.97 Å². The number of carboxylic acids is 1. The van der Waals surface area contributed by atoms with E-state index in [9.17, 15) is 4.79 Å². The summed E-state index contributed by atoms with van der Waals surface area (Å²) in [6, 6.07) is 0. The fraction of sp³-hybridized carbons (Fsp3) is 0.857. The molecule has 0 radical (unpaired) electrons. The van der Waals surface area contributed by atoms with Crippen LogP contribution in [0.1, 0.15) is 13.8 Å². The number of aliphatic hydroxyl groups is 1. The first-order chi connectivity index (χ1) is 5.07. The third-order valence-electron chi connectivity index (χ3n) is 1.10. The van der Waals surface area contributed by atoms with Crippen molar-refractivity contribution in [3.8, 4) is 0 Å². The first-order valence-corrected chi connectivity index (χ1v) is 3.53. The highest BCUT2D eigenvalue weighted by atomic mass is 16.6. The average molecular weight is 162 g/mol. The molecule has 0 aromatic heterocycles. The molecular weight excluding hydrogens is 148 g/mol. The molecule has 0 saturated carbocycles. The summed E-state index contributed by atoms with van der Waals surface area (Å²) in [4.78, 5) is 9.70. The lowest BCUT2D eigenvalue weighted by Crippen LogP contribution is -2.03. The lowest BCUT2D eigenvalue weighted by molar-refractivity contribution is -0.140. The highest BCUT2D eigenvalue weighted by Crippen LogP contribution is 2.04. The standard InChI is InChI=1S/C4H8O2.C3H6O2/c1-3(2)4(5)6;4-1-3-2-5-3/h3H,1-2H3,(H,5,6);3-4H,1-2H2. The normalized spacial score (nSPS) is 20.5. The SMILES string of the molecule is CC(C)C(=O)O.OCC1CO1. The summed E-state index contributed by atoms with van der Waals surface area (Å²) in [5.74, 6) is -0.972. The number of carboxylic acid groups (broad SMARTS) is 1. The lowest BCUT2D eigenvalue weighted by atomic mass is 10.2. The maximum Gasteiger partial charge on any atom is 0.305 e. The zero-order valence-electron chi connectivity index (χ0n) is 6.78. The van der Waals surface area contributed by atoms with Gasteiger partial charge in [-0.3, -0.25) is 4.79 Å². The van der Waals surface area contributed by atoms with Gasteiger partial charge in [0.1, 0.15) is 6.10 Å². The molecule has 4 heteroatoms. The van der Waals surface area contributed by atoms with Gasteiger partial charge in [0.25, 0.3) is 0 Å². The number of epoxide rings is 1. The second-order valence-electron chi connectivity index (χ2n) is 2.63. The summed E-state index contributed by atoms with van der Waals surface area (Å²) in [6.07, 6.45) is 0.190. The van der Waals surface area contributed by atoms with Crippen molar-refractivity contribution in [1.82, 2.24) is 0 Å². The van der Waals surface area contributed by atoms with Gasteiger partial charge in [-0.15, -0.1) is 0 Å². The van der Waals surface area contributed by atoms with Crippen molar-refractivity contribution in [2.45, 2.75) is 20.0 Å². The zero-order valence-corrected chi connectivity index (χ0v) is 6.78. The summed E-state index contributed by atoms with van der Waals surface area (Å²) in [5.41, 5.74) is 0. The summed E-state index contributed by atoms with van der Waals surface area (Å²) >= 11 is 0. The van der Waals surface area contributed by atoms with E-state index in [1.165, 1.54) is 0 Å². The molecule has 0 amide bonds.